The van der Waals surface area contributed by atoms with Crippen molar-refractivity contribution in [3.8, 4) is 0 Å². The Morgan fingerprint density at radius 2 is 0.857 bits per heavy atom. The van der Waals surface area contributed by atoms with Crippen LogP contribution in [0.3, 0.4) is 0 Å². The highest BCUT2D eigenvalue weighted by Crippen LogP contribution is 2.13. The van der Waals surface area contributed by atoms with E-state index < -0.39 is 6.10 Å². The van der Waals surface area contributed by atoms with Crippen LogP contribution in [-0.4, -0.2) is 37.9 Å². The maximum Gasteiger partial charge on any atom is 0.309 e. The van der Waals surface area contributed by atoms with Gasteiger partial charge in [0, 0.05) is 13.0 Å². The lowest BCUT2D eigenvalue weighted by molar-refractivity contribution is -0.162. The SMILES string of the molecule is CC/C=C\C/C=C\C/C=C\C/C=C\C/C=C\CC(=O)OCC(COCCCCCCCCCCCC/C=C\CCCCCCCC)OC(=O)CCCCCCC. The Morgan fingerprint density at radius 1 is 0.429 bits per heavy atom. The highest BCUT2D eigenvalue weighted by molar-refractivity contribution is 5.71. The van der Waals surface area contributed by atoms with Crippen molar-refractivity contribution in [1.29, 1.82) is 0 Å². The molecule has 0 bridgehead atoms. The molecule has 0 aromatic heterocycles. The molecular formula is C51H88O5. The summed E-state index contributed by atoms with van der Waals surface area (Å²) in [4.78, 5) is 25.0. The molecule has 0 fully saturated rings. The molecule has 5 heteroatoms. The molecule has 0 rings (SSSR count). The van der Waals surface area contributed by atoms with E-state index in [0.29, 0.717) is 13.0 Å². The molecule has 0 aliphatic heterocycles. The van der Waals surface area contributed by atoms with Gasteiger partial charge in [0.05, 0.1) is 13.0 Å². The lowest BCUT2D eigenvalue weighted by atomic mass is 10.1. The third kappa shape index (κ3) is 44.1. The van der Waals surface area contributed by atoms with Crippen molar-refractivity contribution in [3.05, 3.63) is 72.9 Å². The molecule has 0 aliphatic rings. The molecule has 0 heterocycles. The monoisotopic (exact) mass is 781 g/mol. The molecule has 0 saturated carbocycles. The van der Waals surface area contributed by atoms with Gasteiger partial charge < -0.3 is 14.2 Å². The van der Waals surface area contributed by atoms with Crippen LogP contribution < -0.4 is 0 Å². The lowest BCUT2D eigenvalue weighted by Gasteiger charge is -2.18. The summed E-state index contributed by atoms with van der Waals surface area (Å²) in [5.74, 6) is -0.558. The quantitative estimate of drug-likeness (QED) is 0.0351. The standard InChI is InChI=1S/C51H88O5/c1-4-7-10-13-15-17-19-21-23-24-25-26-27-29-31-33-35-37-40-43-46-54-47-49(56-51(53)45-42-38-12-9-6-3)48-55-50(52)44-41-39-36-34-32-30-28-22-20-18-16-14-11-8-5-2/h8,11,16,18,21-23,28,32,34,39,41,49H,4-7,9-10,12-15,17,19-20,24-27,29-31,33,35-38,40,42-48H2,1-3H3/b11-8-,18-16-,23-21-,28-22-,34-32-,41-39-. The predicted octanol–water partition coefficient (Wildman–Crippen LogP) is 15.6. The molecule has 322 valence electrons. The molecule has 0 aromatic carbocycles. The fourth-order valence-electron chi connectivity index (χ4n) is 6.28. The molecule has 1 unspecified atom stereocenters. The number of allylic oxidation sites excluding steroid dienone is 11. The van der Waals surface area contributed by atoms with Crippen molar-refractivity contribution in [1.82, 2.24) is 0 Å². The molecule has 0 N–H and O–H groups in total. The van der Waals surface area contributed by atoms with Crippen LogP contribution in [0.2, 0.25) is 0 Å². The summed E-state index contributed by atoms with van der Waals surface area (Å²) in [5.41, 5.74) is 0. The summed E-state index contributed by atoms with van der Waals surface area (Å²) in [7, 11) is 0. The van der Waals surface area contributed by atoms with Crippen molar-refractivity contribution in [2.45, 2.75) is 219 Å². The van der Waals surface area contributed by atoms with Crippen LogP contribution in [0.4, 0.5) is 0 Å². The molecule has 0 saturated heterocycles. The van der Waals surface area contributed by atoms with Crippen molar-refractivity contribution in [2.75, 3.05) is 19.8 Å². The van der Waals surface area contributed by atoms with Crippen molar-refractivity contribution < 1.29 is 23.8 Å². The Kier molecular flexibility index (Phi) is 44.5. The predicted molar refractivity (Wildman–Crippen MR) is 242 cm³/mol. The van der Waals surface area contributed by atoms with Gasteiger partial charge in [-0.3, -0.25) is 9.59 Å². The van der Waals surface area contributed by atoms with Crippen LogP contribution in [-0.2, 0) is 23.8 Å². The first-order valence-electron chi connectivity index (χ1n) is 23.5. The van der Waals surface area contributed by atoms with Crippen LogP contribution in [0, 0.1) is 0 Å². The van der Waals surface area contributed by atoms with Crippen molar-refractivity contribution in [3.63, 3.8) is 0 Å². The molecule has 0 spiro atoms. The van der Waals surface area contributed by atoms with Gasteiger partial charge in [0.1, 0.15) is 6.61 Å². The normalized spacial score (nSPS) is 12.8. The summed E-state index contributed by atoms with van der Waals surface area (Å²) < 4.78 is 17.1. The highest BCUT2D eigenvalue weighted by Gasteiger charge is 2.17. The van der Waals surface area contributed by atoms with E-state index in [9.17, 15) is 9.59 Å². The summed E-state index contributed by atoms with van der Waals surface area (Å²) >= 11 is 0. The fraction of sp³-hybridized carbons (Fsp3) is 0.725. The summed E-state index contributed by atoms with van der Waals surface area (Å²) in [5, 5.41) is 0. The Hall–Kier alpha value is -2.66. The number of carbonyl (C=O) groups is 2. The van der Waals surface area contributed by atoms with Crippen LogP contribution in [0.25, 0.3) is 0 Å². The maximum atomic E-state index is 12.5. The summed E-state index contributed by atoms with van der Waals surface area (Å²) in [6.07, 6.45) is 59.6. The number of carbonyl (C=O) groups excluding carboxylic acids is 2. The zero-order valence-electron chi connectivity index (χ0n) is 36.9. The van der Waals surface area contributed by atoms with Gasteiger partial charge in [0.25, 0.3) is 0 Å². The molecule has 56 heavy (non-hydrogen) atoms. The second kappa shape index (κ2) is 46.7. The number of hydrogen-bond acceptors (Lipinski definition) is 5. The first-order valence-corrected chi connectivity index (χ1v) is 23.5. The molecule has 0 aliphatic carbocycles. The van der Waals surface area contributed by atoms with E-state index in [4.69, 9.17) is 14.2 Å². The first-order chi connectivity index (χ1) is 27.6. The molecule has 0 radical (unpaired) electrons. The van der Waals surface area contributed by atoms with E-state index in [1.165, 1.54) is 116 Å². The zero-order chi connectivity index (χ0) is 40.7. The minimum absolute atomic E-state index is 0.0288. The van der Waals surface area contributed by atoms with Crippen LogP contribution in [0.1, 0.15) is 213 Å². The van der Waals surface area contributed by atoms with E-state index in [-0.39, 0.29) is 31.6 Å². The second-order valence-electron chi connectivity index (χ2n) is 15.3. The van der Waals surface area contributed by atoms with E-state index in [0.717, 1.165) is 64.2 Å². The number of rotatable bonds is 42. The first kappa shape index (κ1) is 53.3. The molecule has 5 nitrogen and oxygen atoms in total. The minimum atomic E-state index is -0.573. The van der Waals surface area contributed by atoms with Crippen molar-refractivity contribution in [2.24, 2.45) is 0 Å². The summed E-state index contributed by atoms with van der Waals surface area (Å²) in [6, 6.07) is 0. The number of hydrogen-bond donors (Lipinski definition) is 0. The number of esters is 2. The zero-order valence-corrected chi connectivity index (χ0v) is 36.9. The van der Waals surface area contributed by atoms with Crippen LogP contribution in [0.15, 0.2) is 72.9 Å². The van der Waals surface area contributed by atoms with Gasteiger partial charge in [0.2, 0.25) is 0 Å². The van der Waals surface area contributed by atoms with Gasteiger partial charge in [-0.2, -0.15) is 0 Å². The van der Waals surface area contributed by atoms with E-state index in [1.807, 2.05) is 12.2 Å². The van der Waals surface area contributed by atoms with Gasteiger partial charge in [-0.15, -0.1) is 0 Å². The van der Waals surface area contributed by atoms with Gasteiger partial charge >= 0.3 is 11.9 Å². The summed E-state index contributed by atoms with van der Waals surface area (Å²) in [6.45, 7) is 7.52. The maximum absolute atomic E-state index is 12.5. The molecule has 0 aromatic rings. The third-order valence-electron chi connectivity index (χ3n) is 9.76. The van der Waals surface area contributed by atoms with E-state index in [1.54, 1.807) is 0 Å². The van der Waals surface area contributed by atoms with Gasteiger partial charge in [-0.25, -0.2) is 0 Å². The second-order valence-corrected chi connectivity index (χ2v) is 15.3. The van der Waals surface area contributed by atoms with E-state index in [2.05, 4.69) is 81.5 Å². The van der Waals surface area contributed by atoms with Crippen LogP contribution in [0.5, 0.6) is 0 Å². The molecule has 0 amide bonds. The number of ether oxygens (including phenoxy) is 3. The largest absolute Gasteiger partial charge is 0.461 e. The topological polar surface area (TPSA) is 61.8 Å². The third-order valence-corrected chi connectivity index (χ3v) is 9.76. The van der Waals surface area contributed by atoms with Gasteiger partial charge in [-0.1, -0.05) is 203 Å². The molecule has 1 atom stereocenters. The Morgan fingerprint density at radius 3 is 1.36 bits per heavy atom. The highest BCUT2D eigenvalue weighted by atomic mass is 16.6. The van der Waals surface area contributed by atoms with Gasteiger partial charge in [0.15, 0.2) is 6.10 Å². The smallest absolute Gasteiger partial charge is 0.309 e. The number of unbranched alkanes of at least 4 members (excludes halogenated alkanes) is 20. The Labute approximate surface area is 347 Å². The Balaban J connectivity index is 4.13. The average molecular weight is 781 g/mol. The minimum Gasteiger partial charge on any atom is -0.461 e. The average Bonchev–Trinajstić information content (AvgIpc) is 3.20. The van der Waals surface area contributed by atoms with Crippen LogP contribution >= 0.6 is 0 Å². The van der Waals surface area contributed by atoms with Gasteiger partial charge in [-0.05, 0) is 70.6 Å². The lowest BCUT2D eigenvalue weighted by Crippen LogP contribution is -2.30. The van der Waals surface area contributed by atoms with E-state index >= 15 is 0 Å². The molecular weight excluding hydrogens is 693 g/mol. The Bertz CT molecular complexity index is 1020. The fourth-order valence-corrected chi connectivity index (χ4v) is 6.28. The van der Waals surface area contributed by atoms with Crippen molar-refractivity contribution >= 4 is 11.9 Å².